The van der Waals surface area contributed by atoms with Crippen molar-refractivity contribution in [1.82, 2.24) is 0 Å². The average Bonchev–Trinajstić information content (AvgIpc) is 2.31. The normalized spacial score (nSPS) is 23.9. The fraction of sp³-hybridized carbons (Fsp3) is 0.294. The van der Waals surface area contributed by atoms with Gasteiger partial charge in [-0.15, -0.1) is 0 Å². The molecule has 1 aliphatic carbocycles. The van der Waals surface area contributed by atoms with E-state index in [4.69, 9.17) is 0 Å². The Bertz CT molecular complexity index is 455. The van der Waals surface area contributed by atoms with Crippen molar-refractivity contribution >= 4 is 0 Å². The SMILES string of the molecule is CC1=C/CC/C=C(Cc2ccc(C)cc2)/C=C\1. The summed E-state index contributed by atoms with van der Waals surface area (Å²) in [4.78, 5) is 0. The summed E-state index contributed by atoms with van der Waals surface area (Å²) in [5.41, 5.74) is 5.53. The second-order valence-corrected chi connectivity index (χ2v) is 4.80. The second-order valence-electron chi connectivity index (χ2n) is 4.80. The molecule has 0 aromatic heterocycles. The second kappa shape index (κ2) is 5.67. The van der Waals surface area contributed by atoms with Crippen LogP contribution in [0.4, 0.5) is 0 Å². The summed E-state index contributed by atoms with van der Waals surface area (Å²) < 4.78 is 0. The number of hydrogen-bond acceptors (Lipinski definition) is 0. The summed E-state index contributed by atoms with van der Waals surface area (Å²) in [6, 6.07) is 8.83. The molecule has 0 heteroatoms. The first-order chi connectivity index (χ1) is 8.24. The number of allylic oxidation sites excluding steroid dienone is 6. The van der Waals surface area contributed by atoms with Crippen LogP contribution in [0.1, 0.15) is 30.9 Å². The topological polar surface area (TPSA) is 0 Å². The molecule has 0 heterocycles. The van der Waals surface area contributed by atoms with Gasteiger partial charge in [-0.1, -0.05) is 59.7 Å². The predicted molar refractivity (Wildman–Crippen MR) is 75.1 cm³/mol. The Labute approximate surface area is 104 Å². The van der Waals surface area contributed by atoms with Gasteiger partial charge in [-0.2, -0.15) is 0 Å². The minimum Gasteiger partial charge on any atom is -0.0813 e. The van der Waals surface area contributed by atoms with E-state index in [1.165, 1.54) is 22.3 Å². The van der Waals surface area contributed by atoms with Gasteiger partial charge in [0.05, 0.1) is 0 Å². The molecule has 0 bridgehead atoms. The molecule has 0 fully saturated rings. The standard InChI is InChI=1S/C17H20/c1-14-5-3-4-6-16(10-7-14)13-17-11-8-15(2)9-12-17/h5-12H,3-4,13H2,1-2H3/b10-7-,14-5-,16-6-. The van der Waals surface area contributed by atoms with Crippen molar-refractivity contribution in [3.8, 4) is 0 Å². The minimum absolute atomic E-state index is 1.05. The summed E-state index contributed by atoms with van der Waals surface area (Å²) in [6.45, 7) is 4.30. The van der Waals surface area contributed by atoms with Crippen molar-refractivity contribution in [2.75, 3.05) is 0 Å². The summed E-state index contributed by atoms with van der Waals surface area (Å²) in [7, 11) is 0. The summed E-state index contributed by atoms with van der Waals surface area (Å²) in [5, 5.41) is 0. The lowest BCUT2D eigenvalue weighted by Gasteiger charge is -2.06. The highest BCUT2D eigenvalue weighted by atomic mass is 14.0. The van der Waals surface area contributed by atoms with Crippen molar-refractivity contribution < 1.29 is 0 Å². The molecule has 0 radical (unpaired) electrons. The van der Waals surface area contributed by atoms with Gasteiger partial charge in [0, 0.05) is 0 Å². The molecule has 0 spiro atoms. The van der Waals surface area contributed by atoms with E-state index in [-0.39, 0.29) is 0 Å². The molecule has 0 N–H and O–H groups in total. The maximum Gasteiger partial charge on any atom is -0.00289 e. The zero-order valence-electron chi connectivity index (χ0n) is 10.7. The zero-order chi connectivity index (χ0) is 12.1. The third-order valence-electron chi connectivity index (χ3n) is 3.13. The van der Waals surface area contributed by atoms with E-state index in [1.54, 1.807) is 0 Å². The highest BCUT2D eigenvalue weighted by molar-refractivity contribution is 5.34. The van der Waals surface area contributed by atoms with Gasteiger partial charge in [0.1, 0.15) is 0 Å². The molecule has 0 amide bonds. The van der Waals surface area contributed by atoms with Crippen LogP contribution in [0, 0.1) is 6.92 Å². The quantitative estimate of drug-likeness (QED) is 0.679. The molecule has 0 atom stereocenters. The molecule has 0 aliphatic heterocycles. The molecule has 0 unspecified atom stereocenters. The Morgan fingerprint density at radius 1 is 0.882 bits per heavy atom. The first-order valence-electron chi connectivity index (χ1n) is 6.33. The highest BCUT2D eigenvalue weighted by Crippen LogP contribution is 2.15. The largest absolute Gasteiger partial charge is 0.0813 e. The van der Waals surface area contributed by atoms with Gasteiger partial charge < -0.3 is 0 Å². The van der Waals surface area contributed by atoms with Gasteiger partial charge >= 0.3 is 0 Å². The number of hydrogen-bond donors (Lipinski definition) is 0. The summed E-state index contributed by atoms with van der Waals surface area (Å²) in [5.74, 6) is 0. The number of benzene rings is 1. The lowest BCUT2D eigenvalue weighted by Crippen LogP contribution is -1.90. The molecule has 0 saturated heterocycles. The number of aryl methyl sites for hydroxylation is 1. The maximum atomic E-state index is 2.36. The molecular formula is C17H20. The van der Waals surface area contributed by atoms with E-state index in [0.29, 0.717) is 0 Å². The molecule has 0 saturated carbocycles. The molecule has 1 aromatic carbocycles. The van der Waals surface area contributed by atoms with E-state index in [9.17, 15) is 0 Å². The monoisotopic (exact) mass is 224 g/mol. The van der Waals surface area contributed by atoms with Crippen molar-refractivity contribution in [2.45, 2.75) is 33.1 Å². The lowest BCUT2D eigenvalue weighted by molar-refractivity contribution is 1.01. The van der Waals surface area contributed by atoms with Crippen LogP contribution < -0.4 is 0 Å². The van der Waals surface area contributed by atoms with Crippen molar-refractivity contribution in [2.24, 2.45) is 0 Å². The smallest absolute Gasteiger partial charge is 0.00289 e. The molecule has 17 heavy (non-hydrogen) atoms. The van der Waals surface area contributed by atoms with Crippen LogP contribution >= 0.6 is 0 Å². The van der Waals surface area contributed by atoms with Crippen molar-refractivity contribution in [1.29, 1.82) is 0 Å². The average molecular weight is 224 g/mol. The fourth-order valence-electron chi connectivity index (χ4n) is 2.03. The lowest BCUT2D eigenvalue weighted by atomic mass is 10.00. The third-order valence-corrected chi connectivity index (χ3v) is 3.13. The van der Waals surface area contributed by atoms with E-state index in [0.717, 1.165) is 19.3 Å². The van der Waals surface area contributed by atoms with E-state index < -0.39 is 0 Å². The Kier molecular flexibility index (Phi) is 3.98. The predicted octanol–water partition coefficient (Wildman–Crippen LogP) is 4.76. The van der Waals surface area contributed by atoms with Crippen LogP contribution in [0.15, 0.2) is 59.7 Å². The minimum atomic E-state index is 1.05. The van der Waals surface area contributed by atoms with Gasteiger partial charge in [-0.05, 0) is 44.2 Å². The first kappa shape index (κ1) is 11.9. The Hall–Kier alpha value is -1.56. The van der Waals surface area contributed by atoms with E-state index in [2.05, 4.69) is 62.4 Å². The van der Waals surface area contributed by atoms with Gasteiger partial charge in [-0.25, -0.2) is 0 Å². The van der Waals surface area contributed by atoms with Crippen LogP contribution in [0.3, 0.4) is 0 Å². The summed E-state index contributed by atoms with van der Waals surface area (Å²) >= 11 is 0. The molecule has 1 aromatic rings. The van der Waals surface area contributed by atoms with Gasteiger partial charge in [-0.3, -0.25) is 0 Å². The zero-order valence-corrected chi connectivity index (χ0v) is 10.7. The van der Waals surface area contributed by atoms with E-state index >= 15 is 0 Å². The van der Waals surface area contributed by atoms with Gasteiger partial charge in [0.25, 0.3) is 0 Å². The highest BCUT2D eigenvalue weighted by Gasteiger charge is 1.98. The summed E-state index contributed by atoms with van der Waals surface area (Å²) in [6.07, 6.45) is 12.5. The van der Waals surface area contributed by atoms with Gasteiger partial charge in [0.2, 0.25) is 0 Å². The van der Waals surface area contributed by atoms with Crippen LogP contribution in [0.2, 0.25) is 0 Å². The molecule has 2 rings (SSSR count). The van der Waals surface area contributed by atoms with E-state index in [1.807, 2.05) is 0 Å². The Morgan fingerprint density at radius 3 is 2.35 bits per heavy atom. The van der Waals surface area contributed by atoms with Gasteiger partial charge in [0.15, 0.2) is 0 Å². The third kappa shape index (κ3) is 3.74. The van der Waals surface area contributed by atoms with Crippen LogP contribution in [-0.4, -0.2) is 0 Å². The van der Waals surface area contributed by atoms with Crippen molar-refractivity contribution in [3.63, 3.8) is 0 Å². The Balaban J connectivity index is 2.10. The van der Waals surface area contributed by atoms with Crippen LogP contribution in [0.5, 0.6) is 0 Å². The molecule has 1 aliphatic rings. The maximum absolute atomic E-state index is 2.36. The van der Waals surface area contributed by atoms with Crippen molar-refractivity contribution in [3.05, 3.63) is 70.8 Å². The molecular weight excluding hydrogens is 204 g/mol. The van der Waals surface area contributed by atoms with Crippen LogP contribution in [0.25, 0.3) is 0 Å². The first-order valence-corrected chi connectivity index (χ1v) is 6.33. The Morgan fingerprint density at radius 2 is 1.59 bits per heavy atom. The van der Waals surface area contributed by atoms with Crippen LogP contribution in [-0.2, 0) is 6.42 Å². The number of rotatable bonds is 2. The fourth-order valence-corrected chi connectivity index (χ4v) is 2.03. The molecule has 0 nitrogen and oxygen atoms in total. The molecule has 88 valence electrons.